The van der Waals surface area contributed by atoms with E-state index in [2.05, 4.69) is 60.7 Å². The number of pyridine rings is 1. The maximum atomic E-state index is 14.0. The molecule has 386 valence electrons. The molecule has 71 heavy (non-hydrogen) atoms. The van der Waals surface area contributed by atoms with Crippen molar-refractivity contribution in [3.8, 4) is 0 Å². The van der Waals surface area contributed by atoms with Gasteiger partial charge in [-0.2, -0.15) is 13.2 Å². The summed E-state index contributed by atoms with van der Waals surface area (Å²) in [5.41, 5.74) is 0.259. The number of carbonyl (C=O) groups is 6. The Hall–Kier alpha value is -6.00. The average molecular weight is 994 g/mol. The van der Waals surface area contributed by atoms with Crippen LogP contribution in [-0.4, -0.2) is 150 Å². The molecule has 6 amide bonds. The summed E-state index contributed by atoms with van der Waals surface area (Å²) in [4.78, 5) is 94.4. The molecule has 0 unspecified atom stereocenters. The molecule has 4 aliphatic rings. The van der Waals surface area contributed by atoms with Gasteiger partial charge in [0.25, 0.3) is 0 Å². The van der Waals surface area contributed by atoms with Crippen molar-refractivity contribution in [2.45, 2.75) is 114 Å². The number of ether oxygens (including phenoxy) is 2. The van der Waals surface area contributed by atoms with E-state index in [0.717, 1.165) is 30.7 Å². The van der Waals surface area contributed by atoms with Gasteiger partial charge in [0, 0.05) is 62.3 Å². The van der Waals surface area contributed by atoms with Crippen molar-refractivity contribution in [2.75, 3.05) is 65.0 Å². The van der Waals surface area contributed by atoms with Gasteiger partial charge in [-0.3, -0.25) is 33.8 Å². The number of likely N-dealkylation sites (tertiary alicyclic amines) is 2. The average Bonchev–Trinajstić information content (AvgIpc) is 3.86. The normalized spacial score (nSPS) is 24.8. The summed E-state index contributed by atoms with van der Waals surface area (Å²) < 4.78 is 51.7. The van der Waals surface area contributed by atoms with Crippen LogP contribution >= 0.6 is 0 Å². The van der Waals surface area contributed by atoms with E-state index in [9.17, 15) is 41.9 Å². The Morgan fingerprint density at radius 1 is 0.873 bits per heavy atom. The maximum Gasteiger partial charge on any atom is 0.416 e. The zero-order chi connectivity index (χ0) is 50.7. The van der Waals surface area contributed by atoms with Gasteiger partial charge in [0.15, 0.2) is 0 Å². The van der Waals surface area contributed by atoms with Crippen molar-refractivity contribution < 1.29 is 51.4 Å². The highest BCUT2D eigenvalue weighted by atomic mass is 19.4. The lowest BCUT2D eigenvalue weighted by Gasteiger charge is -2.42. The van der Waals surface area contributed by atoms with Gasteiger partial charge in [0.2, 0.25) is 35.4 Å². The lowest BCUT2D eigenvalue weighted by molar-refractivity contribution is -0.137. The third-order valence-corrected chi connectivity index (χ3v) is 13.9. The zero-order valence-corrected chi connectivity index (χ0v) is 40.5. The van der Waals surface area contributed by atoms with E-state index >= 15 is 0 Å². The summed E-state index contributed by atoms with van der Waals surface area (Å²) in [5, 5.41) is 18.5. The first-order chi connectivity index (χ1) is 34.0. The number of hydrogen-bond donors (Lipinski definition) is 6. The molecular weight excluding hydrogens is 928 g/mol. The first-order valence-electron chi connectivity index (χ1n) is 24.6. The van der Waals surface area contributed by atoms with Crippen molar-refractivity contribution in [3.63, 3.8) is 0 Å². The van der Waals surface area contributed by atoms with Crippen molar-refractivity contribution >= 4 is 52.2 Å². The number of benzene rings is 1. The maximum absolute atomic E-state index is 14.0. The van der Waals surface area contributed by atoms with E-state index in [1.54, 1.807) is 35.3 Å². The fourth-order valence-corrected chi connectivity index (χ4v) is 10.2. The van der Waals surface area contributed by atoms with Crippen LogP contribution in [0.1, 0.15) is 88.8 Å². The van der Waals surface area contributed by atoms with Crippen LogP contribution in [0.5, 0.6) is 0 Å². The Morgan fingerprint density at radius 3 is 2.39 bits per heavy atom. The smallest absolute Gasteiger partial charge is 0.377 e. The molecule has 6 atom stereocenters. The molecule has 0 bridgehead atoms. The Balaban J connectivity index is 0.793. The molecule has 6 N–H and O–H groups in total. The van der Waals surface area contributed by atoms with Crippen molar-refractivity contribution in [3.05, 3.63) is 60.2 Å². The van der Waals surface area contributed by atoms with Gasteiger partial charge in [0.1, 0.15) is 24.8 Å². The number of aromatic nitrogens is 3. The van der Waals surface area contributed by atoms with E-state index in [0.29, 0.717) is 62.9 Å². The second-order valence-corrected chi connectivity index (χ2v) is 19.4. The molecule has 0 spiro atoms. The second kappa shape index (κ2) is 24.4. The molecule has 4 heterocycles. The van der Waals surface area contributed by atoms with Gasteiger partial charge in [-0.1, -0.05) is 19.9 Å². The van der Waals surface area contributed by atoms with Crippen LogP contribution in [-0.2, 0) is 44.4 Å². The second-order valence-electron chi connectivity index (χ2n) is 19.4. The van der Waals surface area contributed by atoms with Gasteiger partial charge in [-0.15, -0.1) is 0 Å². The first kappa shape index (κ1) is 52.8. The minimum atomic E-state index is -4.57. The molecule has 7 rings (SSSR count). The van der Waals surface area contributed by atoms with Crippen molar-refractivity contribution in [1.29, 1.82) is 0 Å². The van der Waals surface area contributed by atoms with Crippen molar-refractivity contribution in [2.24, 2.45) is 17.8 Å². The zero-order valence-electron chi connectivity index (χ0n) is 40.5. The molecule has 22 heteroatoms. The van der Waals surface area contributed by atoms with E-state index in [-0.39, 0.29) is 123 Å². The predicted molar refractivity (Wildman–Crippen MR) is 254 cm³/mol. The van der Waals surface area contributed by atoms with E-state index in [1.165, 1.54) is 12.4 Å². The number of amides is 6. The first-order valence-corrected chi connectivity index (χ1v) is 24.6. The van der Waals surface area contributed by atoms with Crippen LogP contribution in [0.25, 0.3) is 10.9 Å². The van der Waals surface area contributed by atoms with Gasteiger partial charge in [-0.25, -0.2) is 9.97 Å². The van der Waals surface area contributed by atoms with Crippen LogP contribution in [0.2, 0.25) is 0 Å². The Kier molecular flexibility index (Phi) is 18.2. The summed E-state index contributed by atoms with van der Waals surface area (Å²) in [5.74, 6) is -1.82. The summed E-state index contributed by atoms with van der Waals surface area (Å²) >= 11 is 0. The van der Waals surface area contributed by atoms with Crippen LogP contribution in [0, 0.1) is 17.8 Å². The highest BCUT2D eigenvalue weighted by molar-refractivity contribution is 5.94. The number of halogens is 3. The predicted octanol–water partition coefficient (Wildman–Crippen LogP) is 2.87. The standard InChI is InChI=1S/C49H66F3N11O8/c1-29(2)24-55-34-11-13-40(63-17-14-38(48(63)69)61-45-35-21-32(49(50,51)52)8-12-37(35)57-28-58-45)39(22-34)60-41(64)26-56-46(67)30-6-9-33(10-7-30)59-42(65)27-71-20-19-70-18-16-54-47(68)36-23-43(66)62(3)44(36)31-5-4-15-53-25-31/h4-5,8,12,15,21,25,28-30,33-34,36,38-40,44,55H,6-7,9-11,13-14,16-20,22-24,26-27H2,1-3H3,(H,54,68)(H,56,67)(H,59,65)(H,60,64)(H,57,58,61)/t30?,33?,34-,36+,38+,39-,40+,44-/m1/s1. The molecule has 4 fully saturated rings. The molecule has 0 radical (unpaired) electrons. The highest BCUT2D eigenvalue weighted by Gasteiger charge is 2.44. The fraction of sp³-hybridized carbons (Fsp3) is 0.612. The Labute approximate surface area is 410 Å². The summed E-state index contributed by atoms with van der Waals surface area (Å²) in [7, 11) is 1.68. The SMILES string of the molecule is CC(C)CN[C@@H]1CC[C@H](N2CC[C@H](Nc3ncnc4ccc(C(F)(F)F)cc34)C2=O)[C@H](NC(=O)CNC(=O)C2CCC(NC(=O)COCCOCCNC(=O)[C@H]3CC(=O)N(C)[C@@H]3c3cccnc3)CC2)C1. The summed E-state index contributed by atoms with van der Waals surface area (Å²) in [6, 6.07) is 4.91. The van der Waals surface area contributed by atoms with E-state index < -0.39 is 29.7 Å². The Bertz CT molecular complexity index is 2340. The van der Waals surface area contributed by atoms with Gasteiger partial charge in [0.05, 0.1) is 61.5 Å². The number of nitrogens with zero attached hydrogens (tertiary/aromatic N) is 5. The largest absolute Gasteiger partial charge is 0.416 e. The minimum absolute atomic E-state index is 0.0946. The molecule has 3 aromatic rings. The summed E-state index contributed by atoms with van der Waals surface area (Å²) in [6.45, 7) is 5.82. The highest BCUT2D eigenvalue weighted by Crippen LogP contribution is 2.37. The van der Waals surface area contributed by atoms with Gasteiger partial charge >= 0.3 is 6.18 Å². The Morgan fingerprint density at radius 2 is 1.65 bits per heavy atom. The number of carbonyl (C=O) groups excluding carboxylic acids is 6. The lowest BCUT2D eigenvalue weighted by Crippen LogP contribution is -2.59. The van der Waals surface area contributed by atoms with Crippen LogP contribution < -0.4 is 31.9 Å². The number of rotatable bonds is 21. The number of alkyl halides is 3. The molecule has 2 aliphatic heterocycles. The monoisotopic (exact) mass is 994 g/mol. The van der Waals surface area contributed by atoms with E-state index in [1.807, 2.05) is 6.07 Å². The molecule has 19 nitrogen and oxygen atoms in total. The molecule has 2 saturated heterocycles. The third-order valence-electron chi connectivity index (χ3n) is 13.9. The topological polar surface area (TPSA) is 238 Å². The number of hydrogen-bond acceptors (Lipinski definition) is 13. The minimum Gasteiger partial charge on any atom is -0.377 e. The number of anilines is 1. The third kappa shape index (κ3) is 14.1. The van der Waals surface area contributed by atoms with E-state index in [4.69, 9.17) is 9.47 Å². The van der Waals surface area contributed by atoms with Crippen LogP contribution in [0.4, 0.5) is 19.0 Å². The van der Waals surface area contributed by atoms with Crippen LogP contribution in [0.3, 0.4) is 0 Å². The molecule has 1 aromatic carbocycles. The summed E-state index contributed by atoms with van der Waals surface area (Å²) in [6.07, 6.45) is 4.62. The molecule has 2 aliphatic carbocycles. The van der Waals surface area contributed by atoms with Gasteiger partial charge in [-0.05, 0) is 93.7 Å². The van der Waals surface area contributed by atoms with Crippen LogP contribution in [0.15, 0.2) is 49.1 Å². The van der Waals surface area contributed by atoms with Gasteiger partial charge < -0.3 is 51.2 Å². The lowest BCUT2D eigenvalue weighted by atomic mass is 9.85. The fourth-order valence-electron chi connectivity index (χ4n) is 10.2. The number of nitrogens with one attached hydrogen (secondary N) is 6. The quantitative estimate of drug-likeness (QED) is 0.0844. The molecule has 2 saturated carbocycles. The molecular formula is C49H66F3N11O8. The number of fused-ring (bicyclic) bond motifs is 1. The van der Waals surface area contributed by atoms with Crippen molar-refractivity contribution in [1.82, 2.24) is 51.3 Å². The molecule has 2 aromatic heterocycles.